The van der Waals surface area contributed by atoms with Crippen LogP contribution in [-0.4, -0.2) is 32.2 Å². The molecule has 3 aromatic rings. The lowest BCUT2D eigenvalue weighted by Crippen LogP contribution is -2.23. The molecular weight excluding hydrogens is 388 g/mol. The quantitative estimate of drug-likeness (QED) is 0.601. The predicted molar refractivity (Wildman–Crippen MR) is 112 cm³/mol. The molecule has 6 nitrogen and oxygen atoms in total. The summed E-state index contributed by atoms with van der Waals surface area (Å²) < 4.78 is 16.1. The van der Waals surface area contributed by atoms with Crippen LogP contribution in [0.25, 0.3) is 0 Å². The number of benzene rings is 2. The second-order valence-electron chi connectivity index (χ2n) is 5.99. The van der Waals surface area contributed by atoms with Crippen LogP contribution in [0, 0.1) is 0 Å². The van der Waals surface area contributed by atoms with Gasteiger partial charge in [0.2, 0.25) is 0 Å². The van der Waals surface area contributed by atoms with Crippen molar-refractivity contribution in [1.82, 2.24) is 10.3 Å². The molecule has 1 amide bonds. The molecule has 3 rings (SSSR count). The highest BCUT2D eigenvalue weighted by molar-refractivity contribution is 7.99. The van der Waals surface area contributed by atoms with E-state index in [1.807, 2.05) is 30.3 Å². The van der Waals surface area contributed by atoms with Crippen molar-refractivity contribution in [2.45, 2.75) is 16.5 Å². The molecule has 0 unspecified atom stereocenters. The normalized spacial score (nSPS) is 10.3. The summed E-state index contributed by atoms with van der Waals surface area (Å²) in [5, 5.41) is 3.82. The van der Waals surface area contributed by atoms with E-state index in [1.54, 1.807) is 63.6 Å². The summed E-state index contributed by atoms with van der Waals surface area (Å²) in [6.07, 6.45) is 1.76. The number of carbonyl (C=O) groups is 1. The minimum absolute atomic E-state index is 0.181. The zero-order valence-corrected chi connectivity index (χ0v) is 17.3. The average molecular weight is 410 g/mol. The van der Waals surface area contributed by atoms with Crippen LogP contribution >= 0.6 is 11.8 Å². The molecule has 0 aliphatic carbocycles. The van der Waals surface area contributed by atoms with Crippen molar-refractivity contribution < 1.29 is 19.0 Å². The molecule has 0 radical (unpaired) electrons. The van der Waals surface area contributed by atoms with Crippen LogP contribution in [-0.2, 0) is 6.54 Å². The van der Waals surface area contributed by atoms with Gasteiger partial charge in [0.1, 0.15) is 22.3 Å². The number of ether oxygens (including phenoxy) is 3. The summed E-state index contributed by atoms with van der Waals surface area (Å²) in [4.78, 5) is 17.9. The van der Waals surface area contributed by atoms with Gasteiger partial charge in [-0.1, -0.05) is 17.8 Å². The fraction of sp³-hybridized carbons (Fsp3) is 0.182. The van der Waals surface area contributed by atoms with Crippen molar-refractivity contribution in [3.8, 4) is 17.2 Å². The molecular formula is C22H22N2O4S. The monoisotopic (exact) mass is 410 g/mol. The summed E-state index contributed by atoms with van der Waals surface area (Å²) in [6.45, 7) is 0.264. The number of rotatable bonds is 8. The second-order valence-corrected chi connectivity index (χ2v) is 7.08. The molecule has 1 N–H and O–H groups in total. The number of nitrogens with zero attached hydrogens (tertiary/aromatic N) is 1. The van der Waals surface area contributed by atoms with Gasteiger partial charge >= 0.3 is 0 Å². The van der Waals surface area contributed by atoms with Crippen LogP contribution < -0.4 is 19.5 Å². The molecule has 1 aromatic heterocycles. The first kappa shape index (κ1) is 20.5. The standard InChI is InChI=1S/C22H22N2O4S/c1-26-16-12-19(27-2)18(20(13-16)28-3)14-24-22(25)15-7-9-17(10-8-15)29-21-6-4-5-11-23-21/h4-13H,14H2,1-3H3,(H,24,25). The van der Waals surface area contributed by atoms with Crippen molar-refractivity contribution in [3.63, 3.8) is 0 Å². The summed E-state index contributed by atoms with van der Waals surface area (Å²) in [5.41, 5.74) is 1.31. The number of amides is 1. The number of methoxy groups -OCH3 is 3. The van der Waals surface area contributed by atoms with Crippen LogP contribution in [0.15, 0.2) is 70.7 Å². The highest BCUT2D eigenvalue weighted by Gasteiger charge is 2.15. The fourth-order valence-electron chi connectivity index (χ4n) is 2.73. The van der Waals surface area contributed by atoms with E-state index in [4.69, 9.17) is 14.2 Å². The first-order chi connectivity index (χ1) is 14.1. The molecule has 7 heteroatoms. The molecule has 0 fully saturated rings. The van der Waals surface area contributed by atoms with Gasteiger partial charge in [-0.05, 0) is 36.4 Å². The van der Waals surface area contributed by atoms with E-state index in [2.05, 4.69) is 10.3 Å². The Labute approximate surface area is 174 Å². The maximum absolute atomic E-state index is 12.6. The first-order valence-electron chi connectivity index (χ1n) is 8.90. The molecule has 0 spiro atoms. The van der Waals surface area contributed by atoms with E-state index >= 15 is 0 Å². The Morgan fingerprint density at radius 3 is 2.21 bits per heavy atom. The third kappa shape index (κ3) is 5.20. The Balaban J connectivity index is 1.68. The van der Waals surface area contributed by atoms with E-state index in [-0.39, 0.29) is 12.5 Å². The number of aromatic nitrogens is 1. The largest absolute Gasteiger partial charge is 0.496 e. The summed E-state index contributed by atoms with van der Waals surface area (Å²) in [5.74, 6) is 1.61. The highest BCUT2D eigenvalue weighted by Crippen LogP contribution is 2.34. The lowest BCUT2D eigenvalue weighted by molar-refractivity contribution is 0.0950. The topological polar surface area (TPSA) is 69.7 Å². The number of hydrogen-bond acceptors (Lipinski definition) is 6. The number of nitrogens with one attached hydrogen (secondary N) is 1. The molecule has 0 atom stereocenters. The number of pyridine rings is 1. The zero-order chi connectivity index (χ0) is 20.6. The van der Waals surface area contributed by atoms with Crippen molar-refractivity contribution >= 4 is 17.7 Å². The molecule has 150 valence electrons. The Hall–Kier alpha value is -3.19. The number of hydrogen-bond donors (Lipinski definition) is 1. The minimum atomic E-state index is -0.181. The highest BCUT2D eigenvalue weighted by atomic mass is 32.2. The van der Waals surface area contributed by atoms with E-state index in [1.165, 1.54) is 0 Å². The van der Waals surface area contributed by atoms with Gasteiger partial charge in [-0.2, -0.15) is 0 Å². The van der Waals surface area contributed by atoms with Crippen molar-refractivity contribution in [1.29, 1.82) is 0 Å². The Morgan fingerprint density at radius 1 is 0.966 bits per heavy atom. The predicted octanol–water partition coefficient (Wildman–Crippen LogP) is 4.19. The minimum Gasteiger partial charge on any atom is -0.496 e. The molecule has 0 aliphatic heterocycles. The van der Waals surface area contributed by atoms with E-state index in [9.17, 15) is 4.79 Å². The lowest BCUT2D eigenvalue weighted by Gasteiger charge is -2.15. The maximum Gasteiger partial charge on any atom is 0.251 e. The Morgan fingerprint density at radius 2 is 1.66 bits per heavy atom. The third-order valence-electron chi connectivity index (χ3n) is 4.22. The van der Waals surface area contributed by atoms with Crippen LogP contribution in [0.1, 0.15) is 15.9 Å². The van der Waals surface area contributed by atoms with Gasteiger partial charge in [-0.15, -0.1) is 0 Å². The average Bonchev–Trinajstić information content (AvgIpc) is 2.78. The SMILES string of the molecule is COc1cc(OC)c(CNC(=O)c2ccc(Sc3ccccn3)cc2)c(OC)c1. The molecule has 1 heterocycles. The Bertz CT molecular complexity index is 937. The molecule has 0 bridgehead atoms. The van der Waals surface area contributed by atoms with Crippen molar-refractivity contribution in [2.24, 2.45) is 0 Å². The van der Waals surface area contributed by atoms with Crippen molar-refractivity contribution in [3.05, 3.63) is 71.9 Å². The molecule has 0 aliphatic rings. The van der Waals surface area contributed by atoms with Crippen LogP contribution in [0.2, 0.25) is 0 Å². The zero-order valence-electron chi connectivity index (χ0n) is 16.5. The summed E-state index contributed by atoms with van der Waals surface area (Å²) in [6, 6.07) is 16.7. The smallest absolute Gasteiger partial charge is 0.251 e. The molecule has 2 aromatic carbocycles. The van der Waals surface area contributed by atoms with Gasteiger partial charge in [0, 0.05) is 28.8 Å². The summed E-state index contributed by atoms with van der Waals surface area (Å²) in [7, 11) is 4.71. The molecule has 0 saturated heterocycles. The van der Waals surface area contributed by atoms with E-state index in [0.29, 0.717) is 22.8 Å². The van der Waals surface area contributed by atoms with Gasteiger partial charge in [-0.25, -0.2) is 4.98 Å². The van der Waals surface area contributed by atoms with Gasteiger partial charge in [0.15, 0.2) is 0 Å². The number of carbonyl (C=O) groups excluding carboxylic acids is 1. The van der Waals surface area contributed by atoms with Crippen LogP contribution in [0.4, 0.5) is 0 Å². The first-order valence-corrected chi connectivity index (χ1v) is 9.72. The van der Waals surface area contributed by atoms with Gasteiger partial charge in [0.05, 0.1) is 33.4 Å². The summed E-state index contributed by atoms with van der Waals surface area (Å²) >= 11 is 1.54. The van der Waals surface area contributed by atoms with E-state index < -0.39 is 0 Å². The lowest BCUT2D eigenvalue weighted by atomic mass is 10.1. The van der Waals surface area contributed by atoms with Gasteiger partial charge in [0.25, 0.3) is 5.91 Å². The molecule has 29 heavy (non-hydrogen) atoms. The van der Waals surface area contributed by atoms with Crippen LogP contribution in [0.5, 0.6) is 17.2 Å². The third-order valence-corrected chi connectivity index (χ3v) is 5.18. The van der Waals surface area contributed by atoms with Crippen molar-refractivity contribution in [2.75, 3.05) is 21.3 Å². The maximum atomic E-state index is 12.6. The second kappa shape index (κ2) is 9.84. The van der Waals surface area contributed by atoms with E-state index in [0.717, 1.165) is 15.5 Å². The van der Waals surface area contributed by atoms with Crippen LogP contribution in [0.3, 0.4) is 0 Å². The Kier molecular flexibility index (Phi) is 6.97. The molecule has 0 saturated carbocycles. The van der Waals surface area contributed by atoms with Gasteiger partial charge < -0.3 is 19.5 Å². The van der Waals surface area contributed by atoms with Gasteiger partial charge in [-0.3, -0.25) is 4.79 Å². The fourth-order valence-corrected chi connectivity index (χ4v) is 3.50.